The first-order chi connectivity index (χ1) is 16.7. The summed E-state index contributed by atoms with van der Waals surface area (Å²) < 4.78 is 28.5. The smallest absolute Gasteiger partial charge is 0.251 e. The molecule has 4 atom stereocenters. The predicted molar refractivity (Wildman–Crippen MR) is 134 cm³/mol. The lowest BCUT2D eigenvalue weighted by Crippen LogP contribution is -2.48. The van der Waals surface area contributed by atoms with Crippen LogP contribution >= 0.6 is 0 Å². The van der Waals surface area contributed by atoms with Gasteiger partial charge in [0.15, 0.2) is 0 Å². The molecule has 3 fully saturated rings. The van der Waals surface area contributed by atoms with Gasteiger partial charge >= 0.3 is 0 Å². The summed E-state index contributed by atoms with van der Waals surface area (Å²) in [6.07, 6.45) is 2.93. The van der Waals surface area contributed by atoms with Crippen molar-refractivity contribution < 1.29 is 18.0 Å². The van der Waals surface area contributed by atoms with Crippen molar-refractivity contribution in [1.29, 1.82) is 0 Å². The Morgan fingerprint density at radius 1 is 1.03 bits per heavy atom. The van der Waals surface area contributed by atoms with Crippen molar-refractivity contribution in [3.8, 4) is 0 Å². The number of likely N-dealkylation sites (tertiary alicyclic amines) is 1. The van der Waals surface area contributed by atoms with E-state index < -0.39 is 15.3 Å². The van der Waals surface area contributed by atoms with Gasteiger partial charge in [-0.05, 0) is 55.9 Å². The van der Waals surface area contributed by atoms with E-state index in [-0.39, 0.29) is 23.4 Å². The minimum atomic E-state index is -3.45. The zero-order valence-corrected chi connectivity index (χ0v) is 21.1. The molecule has 2 aromatic carbocycles. The highest BCUT2D eigenvalue weighted by atomic mass is 32.2. The number of hydrogen-bond acceptors (Lipinski definition) is 4. The molecule has 5 rings (SSSR count). The van der Waals surface area contributed by atoms with Crippen LogP contribution in [0, 0.1) is 5.92 Å². The van der Waals surface area contributed by atoms with Crippen LogP contribution in [0.5, 0.6) is 0 Å². The first-order valence-corrected chi connectivity index (χ1v) is 13.9. The van der Waals surface area contributed by atoms with E-state index in [4.69, 9.17) is 0 Å². The summed E-state index contributed by atoms with van der Waals surface area (Å²) in [4.78, 5) is 26.3. The van der Waals surface area contributed by atoms with Gasteiger partial charge < -0.3 is 10.2 Å². The van der Waals surface area contributed by atoms with Crippen LogP contribution in [0.4, 0.5) is 0 Å². The van der Waals surface area contributed by atoms with E-state index in [2.05, 4.69) is 5.32 Å². The first-order valence-electron chi connectivity index (χ1n) is 12.4. The van der Waals surface area contributed by atoms with Gasteiger partial charge in [0.05, 0.1) is 10.8 Å². The number of fused-ring (bicyclic) bond motifs is 1. The Balaban J connectivity index is 1.24. The molecule has 2 saturated heterocycles. The molecule has 2 amide bonds. The van der Waals surface area contributed by atoms with Crippen LogP contribution in [0.2, 0.25) is 0 Å². The van der Waals surface area contributed by atoms with E-state index in [1.54, 1.807) is 28.3 Å². The third kappa shape index (κ3) is 4.74. The molecule has 1 aliphatic carbocycles. The summed E-state index contributed by atoms with van der Waals surface area (Å²) in [5.41, 5.74) is 2.17. The number of benzene rings is 2. The van der Waals surface area contributed by atoms with Crippen LogP contribution in [0.15, 0.2) is 54.6 Å². The minimum absolute atomic E-state index is 0.0445. The maximum atomic E-state index is 13.4. The van der Waals surface area contributed by atoms with Crippen LogP contribution < -0.4 is 5.32 Å². The largest absolute Gasteiger partial charge is 0.344 e. The lowest BCUT2D eigenvalue weighted by Gasteiger charge is -2.37. The molecule has 2 heterocycles. The van der Waals surface area contributed by atoms with Crippen LogP contribution in [0.25, 0.3) is 0 Å². The fourth-order valence-electron chi connectivity index (χ4n) is 5.65. The summed E-state index contributed by atoms with van der Waals surface area (Å²) in [5.74, 6) is 0.235. The molecule has 7 nitrogen and oxygen atoms in total. The third-order valence-corrected chi connectivity index (χ3v) is 10.3. The molecule has 0 aromatic heterocycles. The Kier molecular flexibility index (Phi) is 6.21. The summed E-state index contributed by atoms with van der Waals surface area (Å²) in [5, 5.41) is 2.72. The number of nitrogens with zero attached hydrogens (tertiary/aromatic N) is 2. The summed E-state index contributed by atoms with van der Waals surface area (Å²) in [6.45, 7) is 5.12. The molecule has 2 aliphatic heterocycles. The Bertz CT molecular complexity index is 1210. The molecule has 4 unspecified atom stereocenters. The van der Waals surface area contributed by atoms with Gasteiger partial charge in [-0.1, -0.05) is 42.5 Å². The zero-order chi connectivity index (χ0) is 24.8. The quantitative estimate of drug-likeness (QED) is 0.668. The molecule has 0 spiro atoms. The van der Waals surface area contributed by atoms with E-state index in [1.165, 1.54) is 0 Å². The number of hydrogen-bond donors (Lipinski definition) is 1. The Hall–Kier alpha value is -2.71. The van der Waals surface area contributed by atoms with E-state index in [0.29, 0.717) is 44.0 Å². The van der Waals surface area contributed by atoms with Crippen LogP contribution in [-0.4, -0.2) is 59.4 Å². The highest BCUT2D eigenvalue weighted by Crippen LogP contribution is 2.49. The number of amides is 2. The van der Waals surface area contributed by atoms with Gasteiger partial charge in [-0.15, -0.1) is 0 Å². The summed E-state index contributed by atoms with van der Waals surface area (Å²) >= 11 is 0. The van der Waals surface area contributed by atoms with Gasteiger partial charge in [0.25, 0.3) is 5.91 Å². The molecule has 1 saturated carbocycles. The van der Waals surface area contributed by atoms with E-state index in [0.717, 1.165) is 24.0 Å². The molecular formula is C27H33N3O4S. The number of carbonyl (C=O) groups excluding carboxylic acids is 2. The number of sulfonamides is 1. The molecule has 1 N–H and O–H groups in total. The molecular weight excluding hydrogens is 462 g/mol. The summed E-state index contributed by atoms with van der Waals surface area (Å²) in [6, 6.07) is 16.9. The standard InChI is InChI=1S/C27H33N3O4S/c1-19-8-13-25(14-21-6-4-3-5-7-21)35(33,34)30(19)16-22-9-11-23(12-10-22)26(32)28-27-15-24(27)17-29(18-27)20(2)31/h3-7,9-12,19,24-25H,8,13-18H2,1-2H3,(H,28,32). The van der Waals surface area contributed by atoms with Crippen molar-refractivity contribution in [1.82, 2.24) is 14.5 Å². The normalized spacial score (nSPS) is 29.4. The van der Waals surface area contributed by atoms with Crippen molar-refractivity contribution in [3.05, 3.63) is 71.3 Å². The lowest BCUT2D eigenvalue weighted by atomic mass is 10.0. The highest BCUT2D eigenvalue weighted by Gasteiger charge is 2.61. The molecule has 186 valence electrons. The van der Waals surface area contributed by atoms with Crippen LogP contribution in [-0.2, 0) is 27.8 Å². The van der Waals surface area contributed by atoms with Gasteiger partial charge in [-0.2, -0.15) is 4.31 Å². The van der Waals surface area contributed by atoms with Crippen molar-refractivity contribution in [2.45, 2.75) is 62.9 Å². The second-order valence-corrected chi connectivity index (χ2v) is 12.6. The van der Waals surface area contributed by atoms with Crippen molar-refractivity contribution in [2.24, 2.45) is 5.92 Å². The molecule has 0 bridgehead atoms. The maximum absolute atomic E-state index is 13.4. The average Bonchev–Trinajstić information content (AvgIpc) is 3.37. The predicted octanol–water partition coefficient (Wildman–Crippen LogP) is 2.96. The minimum Gasteiger partial charge on any atom is -0.344 e. The SMILES string of the molecule is CC(=O)N1CC2CC2(NC(=O)c2ccc(CN3C(C)CCC(Cc4ccccc4)S3(=O)=O)cc2)C1. The van der Waals surface area contributed by atoms with Gasteiger partial charge in [-0.3, -0.25) is 9.59 Å². The molecule has 3 aliphatic rings. The zero-order valence-electron chi connectivity index (χ0n) is 20.3. The number of nitrogens with one attached hydrogen (secondary N) is 1. The van der Waals surface area contributed by atoms with E-state index in [9.17, 15) is 18.0 Å². The fourth-order valence-corrected chi connectivity index (χ4v) is 7.81. The first kappa shape index (κ1) is 24.0. The van der Waals surface area contributed by atoms with Gasteiger partial charge in [0.2, 0.25) is 15.9 Å². The number of piperidine rings is 1. The van der Waals surface area contributed by atoms with Crippen molar-refractivity contribution in [3.63, 3.8) is 0 Å². The molecule has 2 aromatic rings. The molecule has 8 heteroatoms. The van der Waals surface area contributed by atoms with Crippen LogP contribution in [0.1, 0.15) is 54.6 Å². The van der Waals surface area contributed by atoms with E-state index in [1.807, 2.05) is 49.4 Å². The Morgan fingerprint density at radius 2 is 1.74 bits per heavy atom. The van der Waals surface area contributed by atoms with E-state index >= 15 is 0 Å². The maximum Gasteiger partial charge on any atom is 0.251 e. The Morgan fingerprint density at radius 3 is 2.40 bits per heavy atom. The van der Waals surface area contributed by atoms with Crippen molar-refractivity contribution in [2.75, 3.05) is 13.1 Å². The summed E-state index contributed by atoms with van der Waals surface area (Å²) in [7, 11) is -3.45. The second-order valence-electron chi connectivity index (χ2n) is 10.4. The fraction of sp³-hybridized carbons (Fsp3) is 0.481. The van der Waals surface area contributed by atoms with Gasteiger partial charge in [-0.25, -0.2) is 8.42 Å². The lowest BCUT2D eigenvalue weighted by molar-refractivity contribution is -0.128. The number of rotatable bonds is 6. The number of carbonyl (C=O) groups is 2. The van der Waals surface area contributed by atoms with Gasteiger partial charge in [0, 0.05) is 44.1 Å². The van der Waals surface area contributed by atoms with Gasteiger partial charge in [0.1, 0.15) is 0 Å². The highest BCUT2D eigenvalue weighted by molar-refractivity contribution is 7.89. The van der Waals surface area contributed by atoms with Crippen LogP contribution in [0.3, 0.4) is 0 Å². The molecule has 35 heavy (non-hydrogen) atoms. The average molecular weight is 496 g/mol. The molecule has 0 radical (unpaired) electrons. The second kappa shape index (κ2) is 9.06. The monoisotopic (exact) mass is 495 g/mol. The van der Waals surface area contributed by atoms with Crippen molar-refractivity contribution >= 4 is 21.8 Å². The third-order valence-electron chi connectivity index (χ3n) is 7.96. The Labute approximate surface area is 207 Å². The topological polar surface area (TPSA) is 86.8 Å².